The van der Waals surface area contributed by atoms with E-state index in [4.69, 9.17) is 16.3 Å². The number of nitrogens with one attached hydrogen (secondary N) is 1. The van der Waals surface area contributed by atoms with Gasteiger partial charge in [-0.1, -0.05) is 23.4 Å². The number of hydrogen-bond acceptors (Lipinski definition) is 6. The molecule has 9 heteroatoms. The fraction of sp³-hybridized carbons (Fsp3) is 0.391. The number of fused-ring (bicyclic) bond motifs is 1. The maximum absolute atomic E-state index is 12.9. The van der Waals surface area contributed by atoms with E-state index in [0.717, 1.165) is 47.5 Å². The van der Waals surface area contributed by atoms with Gasteiger partial charge in [-0.2, -0.15) is 0 Å². The predicted octanol–water partition coefficient (Wildman–Crippen LogP) is 3.00. The molecule has 2 fully saturated rings. The average Bonchev–Trinajstić information content (AvgIpc) is 2.84. The molecule has 2 saturated heterocycles. The molecule has 7 nitrogen and oxygen atoms in total. The van der Waals surface area contributed by atoms with Crippen LogP contribution in [0.4, 0.5) is 11.4 Å². The van der Waals surface area contributed by atoms with Gasteiger partial charge in [0.25, 0.3) is 11.8 Å². The summed E-state index contributed by atoms with van der Waals surface area (Å²) in [7, 11) is 0. The summed E-state index contributed by atoms with van der Waals surface area (Å²) in [6.07, 6.45) is 0. The molecule has 3 aliphatic heterocycles. The number of morpholine rings is 1. The maximum atomic E-state index is 12.9. The molecule has 1 atom stereocenters. The number of thioether (sulfide) groups is 1. The molecule has 3 aliphatic rings. The Morgan fingerprint density at radius 3 is 2.44 bits per heavy atom. The zero-order valence-electron chi connectivity index (χ0n) is 17.6. The summed E-state index contributed by atoms with van der Waals surface area (Å²) >= 11 is 7.56. The number of hydrogen-bond donors (Lipinski definition) is 1. The van der Waals surface area contributed by atoms with E-state index in [1.807, 2.05) is 36.4 Å². The first kappa shape index (κ1) is 21.6. The van der Waals surface area contributed by atoms with E-state index >= 15 is 0 Å². The average molecular weight is 473 g/mol. The molecule has 0 saturated carbocycles. The van der Waals surface area contributed by atoms with Crippen molar-refractivity contribution in [1.29, 1.82) is 0 Å². The third-order valence-electron chi connectivity index (χ3n) is 6.08. The highest BCUT2D eigenvalue weighted by Gasteiger charge is 2.34. The molecule has 2 aromatic rings. The van der Waals surface area contributed by atoms with Gasteiger partial charge >= 0.3 is 0 Å². The molecule has 0 unspecified atom stereocenters. The summed E-state index contributed by atoms with van der Waals surface area (Å²) < 4.78 is 5.33. The lowest BCUT2D eigenvalue weighted by atomic mass is 10.1. The first-order chi connectivity index (χ1) is 15.6. The second kappa shape index (κ2) is 9.31. The van der Waals surface area contributed by atoms with E-state index in [9.17, 15) is 9.59 Å². The number of nitrogens with zero attached hydrogens (tertiary/aromatic N) is 3. The third kappa shape index (κ3) is 4.45. The van der Waals surface area contributed by atoms with Crippen LogP contribution in [0.5, 0.6) is 0 Å². The predicted molar refractivity (Wildman–Crippen MR) is 127 cm³/mol. The molecular formula is C23H25ClN4O3S. The van der Waals surface area contributed by atoms with Crippen LogP contribution < -0.4 is 10.2 Å². The van der Waals surface area contributed by atoms with Gasteiger partial charge in [0.1, 0.15) is 5.37 Å². The number of carbonyl (C=O) groups is 2. The van der Waals surface area contributed by atoms with Gasteiger partial charge in [-0.05, 0) is 42.5 Å². The summed E-state index contributed by atoms with van der Waals surface area (Å²) in [5.74, 6) is -0.0470. The van der Waals surface area contributed by atoms with Gasteiger partial charge in [-0.15, -0.1) is 0 Å². The minimum absolute atomic E-state index is 0.0178. The number of anilines is 2. The summed E-state index contributed by atoms with van der Waals surface area (Å²) in [4.78, 5) is 33.0. The molecule has 0 bridgehead atoms. The molecule has 32 heavy (non-hydrogen) atoms. The Morgan fingerprint density at radius 2 is 1.72 bits per heavy atom. The monoisotopic (exact) mass is 472 g/mol. The standard InChI is InChI=1S/C23H25ClN4O3S/c24-17-2-4-18(5-3-17)26-7-9-28(10-8-26)23-21(29)25-19-15-16(1-6-20(19)32-23)22(30)27-11-13-31-14-12-27/h1-6,15,23H,7-14H2,(H,25,29)/t23-/m0/s1. The van der Waals surface area contributed by atoms with Crippen molar-refractivity contribution in [2.75, 3.05) is 62.7 Å². The molecule has 0 aromatic heterocycles. The second-order valence-corrected chi connectivity index (χ2v) is 9.63. The Balaban J connectivity index is 1.24. The van der Waals surface area contributed by atoms with Crippen LogP contribution >= 0.6 is 23.4 Å². The first-order valence-corrected chi connectivity index (χ1v) is 12.1. The minimum atomic E-state index is -0.268. The molecule has 0 spiro atoms. The van der Waals surface area contributed by atoms with E-state index in [1.165, 1.54) is 0 Å². The minimum Gasteiger partial charge on any atom is -0.378 e. The second-order valence-electron chi connectivity index (χ2n) is 8.07. The van der Waals surface area contributed by atoms with Crippen molar-refractivity contribution in [2.45, 2.75) is 10.3 Å². The van der Waals surface area contributed by atoms with Gasteiger partial charge in [-0.3, -0.25) is 14.5 Å². The lowest BCUT2D eigenvalue weighted by molar-refractivity contribution is -0.118. The Bertz CT molecular complexity index is 1000. The van der Waals surface area contributed by atoms with Crippen LogP contribution in [-0.2, 0) is 9.53 Å². The Labute approximate surface area is 196 Å². The lowest BCUT2D eigenvalue weighted by Gasteiger charge is -2.40. The summed E-state index contributed by atoms with van der Waals surface area (Å²) in [6.45, 7) is 5.64. The maximum Gasteiger partial charge on any atom is 0.254 e. The number of piperazine rings is 1. The van der Waals surface area contributed by atoms with Crippen LogP contribution in [0.1, 0.15) is 10.4 Å². The SMILES string of the molecule is O=C1Nc2cc(C(=O)N3CCOCC3)ccc2S[C@@H]1N1CCN(c2ccc(Cl)cc2)CC1. The van der Waals surface area contributed by atoms with E-state index in [0.29, 0.717) is 31.9 Å². The molecular weight excluding hydrogens is 448 g/mol. The Morgan fingerprint density at radius 1 is 1.00 bits per heavy atom. The van der Waals surface area contributed by atoms with Gasteiger partial charge in [0.05, 0.1) is 18.9 Å². The highest BCUT2D eigenvalue weighted by molar-refractivity contribution is 8.00. The van der Waals surface area contributed by atoms with Gasteiger partial charge < -0.3 is 19.9 Å². The van der Waals surface area contributed by atoms with E-state index in [2.05, 4.69) is 15.1 Å². The van der Waals surface area contributed by atoms with Crippen LogP contribution in [0.25, 0.3) is 0 Å². The van der Waals surface area contributed by atoms with Crippen molar-refractivity contribution in [2.24, 2.45) is 0 Å². The van der Waals surface area contributed by atoms with Crippen molar-refractivity contribution >= 4 is 46.6 Å². The number of amides is 2. The molecule has 168 valence electrons. The third-order valence-corrected chi connectivity index (χ3v) is 7.68. The van der Waals surface area contributed by atoms with Gasteiger partial charge in [0.15, 0.2) is 0 Å². The van der Waals surface area contributed by atoms with Crippen molar-refractivity contribution in [3.63, 3.8) is 0 Å². The van der Waals surface area contributed by atoms with Crippen molar-refractivity contribution in [3.05, 3.63) is 53.1 Å². The van der Waals surface area contributed by atoms with Crippen molar-refractivity contribution < 1.29 is 14.3 Å². The van der Waals surface area contributed by atoms with Crippen molar-refractivity contribution in [1.82, 2.24) is 9.80 Å². The molecule has 0 aliphatic carbocycles. The molecule has 2 aromatic carbocycles. The molecule has 2 amide bonds. The van der Waals surface area contributed by atoms with Gasteiger partial charge in [0, 0.05) is 60.4 Å². The number of ether oxygens (including phenoxy) is 1. The number of benzene rings is 2. The van der Waals surface area contributed by atoms with Crippen LogP contribution in [0.15, 0.2) is 47.4 Å². The van der Waals surface area contributed by atoms with E-state index in [-0.39, 0.29) is 17.2 Å². The van der Waals surface area contributed by atoms with Crippen molar-refractivity contribution in [3.8, 4) is 0 Å². The van der Waals surface area contributed by atoms with Gasteiger partial charge in [0.2, 0.25) is 0 Å². The fourth-order valence-corrected chi connectivity index (χ4v) is 5.56. The highest BCUT2D eigenvalue weighted by Crippen LogP contribution is 2.38. The fourth-order valence-electron chi connectivity index (χ4n) is 4.29. The topological polar surface area (TPSA) is 65.1 Å². The zero-order chi connectivity index (χ0) is 22.1. The Kier molecular flexibility index (Phi) is 6.28. The first-order valence-electron chi connectivity index (χ1n) is 10.8. The molecule has 1 N–H and O–H groups in total. The van der Waals surface area contributed by atoms with Gasteiger partial charge in [-0.25, -0.2) is 0 Å². The summed E-state index contributed by atoms with van der Waals surface area (Å²) in [6, 6.07) is 13.5. The number of halogens is 1. The number of carbonyl (C=O) groups excluding carboxylic acids is 2. The normalized spacial score (nSPS) is 21.8. The summed E-state index contributed by atoms with van der Waals surface area (Å²) in [5, 5.41) is 3.49. The molecule has 0 radical (unpaired) electrons. The Hall–Kier alpha value is -2.26. The largest absolute Gasteiger partial charge is 0.378 e. The van der Waals surface area contributed by atoms with E-state index < -0.39 is 0 Å². The highest BCUT2D eigenvalue weighted by atomic mass is 35.5. The molecule has 5 rings (SSSR count). The number of rotatable bonds is 3. The smallest absolute Gasteiger partial charge is 0.254 e. The van der Waals surface area contributed by atoms with Crippen LogP contribution in [0, 0.1) is 0 Å². The molecule has 3 heterocycles. The lowest BCUT2D eigenvalue weighted by Crippen LogP contribution is -2.53. The van der Waals surface area contributed by atoms with E-state index in [1.54, 1.807) is 22.7 Å². The van der Waals surface area contributed by atoms with Crippen LogP contribution in [-0.4, -0.2) is 79.5 Å². The van der Waals surface area contributed by atoms with Crippen LogP contribution in [0.3, 0.4) is 0 Å². The quantitative estimate of drug-likeness (QED) is 0.740. The summed E-state index contributed by atoms with van der Waals surface area (Å²) in [5.41, 5.74) is 2.47. The van der Waals surface area contributed by atoms with Crippen LogP contribution in [0.2, 0.25) is 5.02 Å². The zero-order valence-corrected chi connectivity index (χ0v) is 19.2.